The standard InChI is InChI=1S/C15H22N2O/c1-12(13-8-5-6-9-14(13)18-2)17-15-10-4-3-7-11-16-15/h5-6,8-9,12H,3-4,7,10-11H2,1-2H3,(H,16,17)/t12-/m0/s1. The number of benzene rings is 1. The summed E-state index contributed by atoms with van der Waals surface area (Å²) in [5.41, 5.74) is 1.19. The number of methoxy groups -OCH3 is 1. The summed E-state index contributed by atoms with van der Waals surface area (Å²) in [6.07, 6.45) is 4.82. The third-order valence-corrected chi connectivity index (χ3v) is 3.36. The van der Waals surface area contributed by atoms with Gasteiger partial charge in [0, 0.05) is 18.5 Å². The molecular weight excluding hydrogens is 224 g/mol. The largest absolute Gasteiger partial charge is 0.496 e. The van der Waals surface area contributed by atoms with E-state index in [1.54, 1.807) is 7.11 Å². The van der Waals surface area contributed by atoms with E-state index in [1.165, 1.54) is 24.8 Å². The molecule has 0 amide bonds. The number of para-hydroxylation sites is 1. The Morgan fingerprint density at radius 3 is 2.89 bits per heavy atom. The van der Waals surface area contributed by atoms with Gasteiger partial charge in [0.2, 0.25) is 0 Å². The summed E-state index contributed by atoms with van der Waals surface area (Å²) >= 11 is 0. The first-order chi connectivity index (χ1) is 8.81. The highest BCUT2D eigenvalue weighted by atomic mass is 16.5. The Hall–Kier alpha value is -1.51. The van der Waals surface area contributed by atoms with Gasteiger partial charge in [0.15, 0.2) is 0 Å². The van der Waals surface area contributed by atoms with Crippen molar-refractivity contribution in [1.29, 1.82) is 0 Å². The molecule has 1 aromatic rings. The van der Waals surface area contributed by atoms with E-state index in [1.807, 2.05) is 18.2 Å². The van der Waals surface area contributed by atoms with Gasteiger partial charge in [-0.25, -0.2) is 0 Å². The first-order valence-corrected chi connectivity index (χ1v) is 6.74. The number of hydrogen-bond acceptors (Lipinski definition) is 3. The molecule has 0 aromatic heterocycles. The van der Waals surface area contributed by atoms with Crippen LogP contribution >= 0.6 is 0 Å². The molecule has 1 aliphatic rings. The van der Waals surface area contributed by atoms with Crippen LogP contribution in [0.3, 0.4) is 0 Å². The summed E-state index contributed by atoms with van der Waals surface area (Å²) in [5, 5.41) is 3.52. The smallest absolute Gasteiger partial charge is 0.124 e. The van der Waals surface area contributed by atoms with Crippen LogP contribution in [0.15, 0.2) is 29.3 Å². The quantitative estimate of drug-likeness (QED) is 0.887. The number of aliphatic imine (C=N–C) groups is 1. The molecule has 0 saturated heterocycles. The molecule has 1 N–H and O–H groups in total. The third-order valence-electron chi connectivity index (χ3n) is 3.36. The predicted molar refractivity (Wildman–Crippen MR) is 75.3 cm³/mol. The van der Waals surface area contributed by atoms with E-state index in [9.17, 15) is 0 Å². The maximum Gasteiger partial charge on any atom is 0.124 e. The van der Waals surface area contributed by atoms with E-state index in [-0.39, 0.29) is 6.04 Å². The highest BCUT2D eigenvalue weighted by molar-refractivity contribution is 5.82. The fourth-order valence-corrected chi connectivity index (χ4v) is 2.34. The van der Waals surface area contributed by atoms with Crippen LogP contribution in [0.5, 0.6) is 5.75 Å². The van der Waals surface area contributed by atoms with Crippen LogP contribution in [0.1, 0.15) is 44.2 Å². The van der Waals surface area contributed by atoms with Crippen LogP contribution in [0.2, 0.25) is 0 Å². The average molecular weight is 246 g/mol. The second-order valence-electron chi connectivity index (χ2n) is 4.75. The number of hydrogen-bond donors (Lipinski definition) is 1. The first-order valence-electron chi connectivity index (χ1n) is 6.74. The van der Waals surface area contributed by atoms with Crippen molar-refractivity contribution in [3.05, 3.63) is 29.8 Å². The van der Waals surface area contributed by atoms with E-state index < -0.39 is 0 Å². The molecule has 18 heavy (non-hydrogen) atoms. The lowest BCUT2D eigenvalue weighted by Crippen LogP contribution is -2.26. The summed E-state index contributed by atoms with van der Waals surface area (Å²) < 4.78 is 5.40. The third kappa shape index (κ3) is 3.25. The topological polar surface area (TPSA) is 33.6 Å². The Labute approximate surface area is 109 Å². The Morgan fingerprint density at radius 1 is 1.22 bits per heavy atom. The van der Waals surface area contributed by atoms with E-state index in [0.717, 1.165) is 24.6 Å². The van der Waals surface area contributed by atoms with Gasteiger partial charge in [0.25, 0.3) is 0 Å². The minimum Gasteiger partial charge on any atom is -0.496 e. The van der Waals surface area contributed by atoms with Crippen molar-refractivity contribution in [2.24, 2.45) is 4.99 Å². The van der Waals surface area contributed by atoms with Crippen molar-refractivity contribution in [2.45, 2.75) is 38.6 Å². The van der Waals surface area contributed by atoms with E-state index >= 15 is 0 Å². The van der Waals surface area contributed by atoms with Crippen molar-refractivity contribution < 1.29 is 4.74 Å². The summed E-state index contributed by atoms with van der Waals surface area (Å²) in [5.74, 6) is 2.08. The number of ether oxygens (including phenoxy) is 1. The number of nitrogens with one attached hydrogen (secondary N) is 1. The Kier molecular flexibility index (Phi) is 4.62. The lowest BCUT2D eigenvalue weighted by molar-refractivity contribution is 0.405. The summed E-state index contributed by atoms with van der Waals surface area (Å²) in [7, 11) is 1.72. The van der Waals surface area contributed by atoms with Gasteiger partial charge in [-0.2, -0.15) is 0 Å². The Morgan fingerprint density at radius 2 is 2.06 bits per heavy atom. The van der Waals surface area contributed by atoms with Gasteiger partial charge in [-0.1, -0.05) is 24.6 Å². The van der Waals surface area contributed by atoms with Crippen molar-refractivity contribution in [2.75, 3.05) is 13.7 Å². The van der Waals surface area contributed by atoms with Gasteiger partial charge >= 0.3 is 0 Å². The molecular formula is C15H22N2O. The van der Waals surface area contributed by atoms with Crippen molar-refractivity contribution in [3.8, 4) is 5.75 Å². The maximum absolute atomic E-state index is 5.40. The zero-order valence-corrected chi connectivity index (χ0v) is 11.3. The molecule has 0 bridgehead atoms. The van der Waals surface area contributed by atoms with Crippen molar-refractivity contribution in [3.63, 3.8) is 0 Å². The lowest BCUT2D eigenvalue weighted by Gasteiger charge is -2.19. The Bertz CT molecular complexity index is 415. The van der Waals surface area contributed by atoms with Crippen LogP contribution in [-0.2, 0) is 0 Å². The van der Waals surface area contributed by atoms with Crippen LogP contribution in [0, 0.1) is 0 Å². The normalized spacial score (nSPS) is 17.6. The van der Waals surface area contributed by atoms with Crippen molar-refractivity contribution >= 4 is 5.84 Å². The zero-order chi connectivity index (χ0) is 12.8. The maximum atomic E-state index is 5.40. The SMILES string of the molecule is COc1ccccc1[C@H](C)NC1=NCCCCC1. The van der Waals surface area contributed by atoms with Gasteiger partial charge in [0.1, 0.15) is 5.75 Å². The Balaban J connectivity index is 2.06. The fraction of sp³-hybridized carbons (Fsp3) is 0.533. The van der Waals surface area contributed by atoms with Crippen LogP contribution in [0.25, 0.3) is 0 Å². The van der Waals surface area contributed by atoms with Crippen LogP contribution in [0.4, 0.5) is 0 Å². The molecule has 0 spiro atoms. The molecule has 1 aromatic carbocycles. The summed E-state index contributed by atoms with van der Waals surface area (Å²) in [4.78, 5) is 4.61. The summed E-state index contributed by atoms with van der Waals surface area (Å²) in [6, 6.07) is 8.39. The van der Waals surface area contributed by atoms with E-state index in [0.29, 0.717) is 0 Å². The second kappa shape index (κ2) is 6.43. The molecule has 0 unspecified atom stereocenters. The molecule has 3 heteroatoms. The van der Waals surface area contributed by atoms with Gasteiger partial charge in [-0.05, 0) is 25.8 Å². The van der Waals surface area contributed by atoms with E-state index in [2.05, 4.69) is 23.3 Å². The first kappa shape index (κ1) is 12.9. The predicted octanol–water partition coefficient (Wildman–Crippen LogP) is 3.32. The minimum atomic E-state index is 0.234. The lowest BCUT2D eigenvalue weighted by atomic mass is 10.1. The minimum absolute atomic E-state index is 0.234. The van der Waals surface area contributed by atoms with E-state index in [4.69, 9.17) is 4.74 Å². The number of amidine groups is 1. The summed E-state index contributed by atoms with van der Waals surface area (Å²) in [6.45, 7) is 3.12. The number of nitrogens with zero attached hydrogens (tertiary/aromatic N) is 1. The molecule has 0 aliphatic carbocycles. The molecule has 0 radical (unpaired) electrons. The zero-order valence-electron chi connectivity index (χ0n) is 11.3. The highest BCUT2D eigenvalue weighted by Crippen LogP contribution is 2.24. The molecule has 1 atom stereocenters. The number of rotatable bonds is 3. The molecule has 0 saturated carbocycles. The molecule has 1 heterocycles. The molecule has 2 rings (SSSR count). The van der Waals surface area contributed by atoms with Crippen molar-refractivity contribution in [1.82, 2.24) is 5.32 Å². The van der Waals surface area contributed by atoms with Gasteiger partial charge in [0.05, 0.1) is 19.0 Å². The van der Waals surface area contributed by atoms with Crippen LogP contribution in [-0.4, -0.2) is 19.5 Å². The second-order valence-corrected chi connectivity index (χ2v) is 4.75. The van der Waals surface area contributed by atoms with Crippen LogP contribution < -0.4 is 10.1 Å². The molecule has 98 valence electrons. The molecule has 0 fully saturated rings. The van der Waals surface area contributed by atoms with Gasteiger partial charge in [-0.15, -0.1) is 0 Å². The fourth-order valence-electron chi connectivity index (χ4n) is 2.34. The average Bonchev–Trinajstić information content (AvgIpc) is 2.67. The molecule has 3 nitrogen and oxygen atoms in total. The monoisotopic (exact) mass is 246 g/mol. The highest BCUT2D eigenvalue weighted by Gasteiger charge is 2.13. The van der Waals surface area contributed by atoms with Gasteiger partial charge in [-0.3, -0.25) is 4.99 Å². The van der Waals surface area contributed by atoms with Gasteiger partial charge < -0.3 is 10.1 Å². The molecule has 1 aliphatic heterocycles.